The van der Waals surface area contributed by atoms with Crippen molar-refractivity contribution in [2.24, 2.45) is 0 Å². The molecule has 0 unspecified atom stereocenters. The molecule has 0 bridgehead atoms. The Balaban J connectivity index is 2.21. The van der Waals surface area contributed by atoms with Crippen molar-refractivity contribution < 1.29 is 0 Å². The van der Waals surface area contributed by atoms with Crippen molar-refractivity contribution >= 4 is 17.5 Å². The Morgan fingerprint density at radius 3 is 2.47 bits per heavy atom. The largest absolute Gasteiger partial charge is 0.335 e. The number of halogens is 1. The van der Waals surface area contributed by atoms with Gasteiger partial charge in [-0.25, -0.2) is 4.98 Å². The minimum atomic E-state index is 0.539. The van der Waals surface area contributed by atoms with Crippen molar-refractivity contribution in [1.29, 1.82) is 0 Å². The lowest BCUT2D eigenvalue weighted by Crippen LogP contribution is -2.36. The van der Waals surface area contributed by atoms with Crippen LogP contribution in [-0.2, 0) is 0 Å². The summed E-state index contributed by atoms with van der Waals surface area (Å²) in [7, 11) is 0. The van der Waals surface area contributed by atoms with Crippen LogP contribution in [0.3, 0.4) is 0 Å². The first kappa shape index (κ1) is 12.6. The fourth-order valence-corrected chi connectivity index (χ4v) is 2.50. The first-order valence-electron chi connectivity index (χ1n) is 6.23. The van der Waals surface area contributed by atoms with E-state index in [2.05, 4.69) is 20.1 Å². The molecule has 94 valence electrons. The van der Waals surface area contributed by atoms with Crippen LogP contribution in [0.5, 0.6) is 0 Å². The molecule has 1 aliphatic rings. The number of nitrogens with zero attached hydrogens (tertiary/aromatic N) is 4. The molecule has 0 aliphatic heterocycles. The van der Waals surface area contributed by atoms with Gasteiger partial charge in [-0.3, -0.25) is 0 Å². The second kappa shape index (κ2) is 5.63. The molecular formula is C12H19ClN4. The number of aryl methyl sites for hydroxylation is 2. The SMILES string of the molecule is Cc1nnc(N(CCCl)C2CCCC2)nc1C. The third-order valence-corrected chi connectivity index (χ3v) is 3.60. The van der Waals surface area contributed by atoms with E-state index in [1.165, 1.54) is 25.7 Å². The van der Waals surface area contributed by atoms with Crippen molar-refractivity contribution in [1.82, 2.24) is 15.2 Å². The van der Waals surface area contributed by atoms with Crippen LogP contribution >= 0.6 is 11.6 Å². The first-order chi connectivity index (χ1) is 8.22. The van der Waals surface area contributed by atoms with E-state index in [0.29, 0.717) is 11.9 Å². The highest BCUT2D eigenvalue weighted by molar-refractivity contribution is 6.18. The number of hydrogen-bond acceptors (Lipinski definition) is 4. The molecule has 4 nitrogen and oxygen atoms in total. The van der Waals surface area contributed by atoms with Crippen LogP contribution in [0.1, 0.15) is 37.1 Å². The van der Waals surface area contributed by atoms with Gasteiger partial charge in [0.05, 0.1) is 11.4 Å². The predicted molar refractivity (Wildman–Crippen MR) is 69.6 cm³/mol. The normalized spacial score (nSPS) is 16.4. The molecule has 0 N–H and O–H groups in total. The molecule has 1 saturated carbocycles. The third-order valence-electron chi connectivity index (χ3n) is 3.43. The Bertz CT molecular complexity index is 377. The van der Waals surface area contributed by atoms with Gasteiger partial charge in [0, 0.05) is 18.5 Å². The zero-order valence-corrected chi connectivity index (χ0v) is 11.2. The van der Waals surface area contributed by atoms with E-state index < -0.39 is 0 Å². The Kier molecular flexibility index (Phi) is 4.15. The van der Waals surface area contributed by atoms with Gasteiger partial charge >= 0.3 is 0 Å². The minimum absolute atomic E-state index is 0.539. The van der Waals surface area contributed by atoms with Crippen molar-refractivity contribution in [3.8, 4) is 0 Å². The van der Waals surface area contributed by atoms with Gasteiger partial charge in [0.25, 0.3) is 0 Å². The maximum Gasteiger partial charge on any atom is 0.245 e. The lowest BCUT2D eigenvalue weighted by molar-refractivity contribution is 0.599. The number of alkyl halides is 1. The van der Waals surface area contributed by atoms with Crippen LogP contribution in [0.25, 0.3) is 0 Å². The quantitative estimate of drug-likeness (QED) is 0.775. The average molecular weight is 255 g/mol. The summed E-state index contributed by atoms with van der Waals surface area (Å²) in [6.45, 7) is 4.71. The van der Waals surface area contributed by atoms with Gasteiger partial charge in [-0.15, -0.1) is 16.7 Å². The highest BCUT2D eigenvalue weighted by atomic mass is 35.5. The van der Waals surface area contributed by atoms with Crippen LogP contribution in [0, 0.1) is 13.8 Å². The summed E-state index contributed by atoms with van der Waals surface area (Å²) in [6.07, 6.45) is 5.02. The van der Waals surface area contributed by atoms with Gasteiger partial charge in [-0.1, -0.05) is 12.8 Å². The van der Waals surface area contributed by atoms with Crippen LogP contribution in [0.2, 0.25) is 0 Å². The van der Waals surface area contributed by atoms with E-state index in [1.807, 2.05) is 13.8 Å². The second-order valence-electron chi connectivity index (χ2n) is 4.60. The van der Waals surface area contributed by atoms with Crippen LogP contribution in [0.4, 0.5) is 5.95 Å². The summed E-state index contributed by atoms with van der Waals surface area (Å²) in [5.41, 5.74) is 1.85. The Labute approximate surface area is 107 Å². The van der Waals surface area contributed by atoms with Gasteiger partial charge in [-0.2, -0.15) is 5.10 Å². The maximum atomic E-state index is 5.88. The van der Waals surface area contributed by atoms with Crippen LogP contribution in [-0.4, -0.2) is 33.6 Å². The lowest BCUT2D eigenvalue weighted by Gasteiger charge is -2.28. The standard InChI is InChI=1S/C12H19ClN4/c1-9-10(2)15-16-12(14-9)17(8-7-13)11-5-3-4-6-11/h11H,3-8H2,1-2H3. The zero-order chi connectivity index (χ0) is 12.3. The number of rotatable bonds is 4. The molecule has 0 atom stereocenters. The molecule has 1 fully saturated rings. The monoisotopic (exact) mass is 254 g/mol. The molecule has 5 heteroatoms. The maximum absolute atomic E-state index is 5.88. The van der Waals surface area contributed by atoms with Gasteiger partial charge in [0.1, 0.15) is 0 Å². The second-order valence-corrected chi connectivity index (χ2v) is 4.98. The molecule has 1 aromatic rings. The van der Waals surface area contributed by atoms with E-state index in [9.17, 15) is 0 Å². The smallest absolute Gasteiger partial charge is 0.245 e. The van der Waals surface area contributed by atoms with Gasteiger partial charge in [0.15, 0.2) is 0 Å². The first-order valence-corrected chi connectivity index (χ1v) is 6.76. The minimum Gasteiger partial charge on any atom is -0.335 e. The Hall–Kier alpha value is -0.900. The van der Waals surface area contributed by atoms with Crippen molar-refractivity contribution in [3.05, 3.63) is 11.4 Å². The van der Waals surface area contributed by atoms with E-state index in [0.717, 1.165) is 23.9 Å². The van der Waals surface area contributed by atoms with E-state index in [-0.39, 0.29) is 0 Å². The number of anilines is 1. The molecule has 1 aromatic heterocycles. The van der Waals surface area contributed by atoms with Crippen LogP contribution in [0.15, 0.2) is 0 Å². The summed E-state index contributed by atoms with van der Waals surface area (Å²) < 4.78 is 0. The fourth-order valence-electron chi connectivity index (χ4n) is 2.32. The molecule has 1 aliphatic carbocycles. The molecule has 0 aromatic carbocycles. The highest BCUT2D eigenvalue weighted by Gasteiger charge is 2.24. The predicted octanol–water partition coefficient (Wildman–Crippen LogP) is 2.48. The van der Waals surface area contributed by atoms with Crippen molar-refractivity contribution in [2.45, 2.75) is 45.6 Å². The Morgan fingerprint density at radius 2 is 1.88 bits per heavy atom. The number of hydrogen-bond donors (Lipinski definition) is 0. The van der Waals surface area contributed by atoms with E-state index in [1.54, 1.807) is 0 Å². The molecule has 0 amide bonds. The van der Waals surface area contributed by atoms with Gasteiger partial charge < -0.3 is 4.90 Å². The molecule has 0 spiro atoms. The summed E-state index contributed by atoms with van der Waals surface area (Å²) in [6, 6.07) is 0.539. The zero-order valence-electron chi connectivity index (χ0n) is 10.5. The van der Waals surface area contributed by atoms with E-state index in [4.69, 9.17) is 11.6 Å². The average Bonchev–Trinajstić information content (AvgIpc) is 2.83. The molecular weight excluding hydrogens is 236 g/mol. The topological polar surface area (TPSA) is 41.9 Å². The molecule has 0 radical (unpaired) electrons. The summed E-state index contributed by atoms with van der Waals surface area (Å²) >= 11 is 5.88. The lowest BCUT2D eigenvalue weighted by atomic mass is 10.2. The molecule has 0 saturated heterocycles. The van der Waals surface area contributed by atoms with Gasteiger partial charge in [0.2, 0.25) is 5.95 Å². The molecule has 1 heterocycles. The fraction of sp³-hybridized carbons (Fsp3) is 0.750. The van der Waals surface area contributed by atoms with E-state index >= 15 is 0 Å². The highest BCUT2D eigenvalue weighted by Crippen LogP contribution is 2.26. The third kappa shape index (κ3) is 2.86. The summed E-state index contributed by atoms with van der Waals surface area (Å²) in [5, 5.41) is 8.36. The van der Waals surface area contributed by atoms with Gasteiger partial charge in [-0.05, 0) is 26.7 Å². The number of aromatic nitrogens is 3. The molecule has 2 rings (SSSR count). The van der Waals surface area contributed by atoms with Crippen molar-refractivity contribution in [2.75, 3.05) is 17.3 Å². The molecule has 17 heavy (non-hydrogen) atoms. The summed E-state index contributed by atoms with van der Waals surface area (Å²) in [5.74, 6) is 1.34. The summed E-state index contributed by atoms with van der Waals surface area (Å²) in [4.78, 5) is 6.75. The Morgan fingerprint density at radius 1 is 1.18 bits per heavy atom. The van der Waals surface area contributed by atoms with Crippen LogP contribution < -0.4 is 4.90 Å². The van der Waals surface area contributed by atoms with Crippen molar-refractivity contribution in [3.63, 3.8) is 0 Å².